The highest BCUT2D eigenvalue weighted by molar-refractivity contribution is 5.94. The molecule has 0 unspecified atom stereocenters. The maximum absolute atomic E-state index is 6.50. The highest BCUT2D eigenvalue weighted by Crippen LogP contribution is 2.55. The number of rotatable bonds is 3. The molecule has 2 heterocycles. The molecule has 0 amide bonds. The Labute approximate surface area is 261 Å². The molecule has 1 aliphatic heterocycles. The van der Waals surface area contributed by atoms with E-state index in [2.05, 4.69) is 92.7 Å². The maximum atomic E-state index is 6.50. The molecule has 0 spiro atoms. The van der Waals surface area contributed by atoms with Crippen molar-refractivity contribution in [1.82, 2.24) is 9.97 Å². The van der Waals surface area contributed by atoms with Crippen molar-refractivity contribution < 1.29 is 9.47 Å². The molecule has 0 saturated heterocycles. The first-order valence-corrected chi connectivity index (χ1v) is 15.2. The van der Waals surface area contributed by atoms with E-state index in [9.17, 15) is 0 Å². The molecule has 4 heteroatoms. The molecule has 0 atom stereocenters. The van der Waals surface area contributed by atoms with E-state index in [1.807, 2.05) is 54.6 Å². The minimum absolute atomic E-state index is 0.0954. The molecule has 45 heavy (non-hydrogen) atoms. The van der Waals surface area contributed by atoms with Gasteiger partial charge in [0.15, 0.2) is 28.8 Å². The summed E-state index contributed by atoms with van der Waals surface area (Å²) < 4.78 is 12.9. The third-order valence-corrected chi connectivity index (χ3v) is 9.16. The van der Waals surface area contributed by atoms with Crippen molar-refractivity contribution in [1.29, 1.82) is 0 Å². The lowest BCUT2D eigenvalue weighted by Gasteiger charge is -2.25. The predicted octanol–water partition coefficient (Wildman–Crippen LogP) is 10.8. The van der Waals surface area contributed by atoms with Crippen LogP contribution in [0.1, 0.15) is 25.0 Å². The van der Waals surface area contributed by atoms with Gasteiger partial charge in [-0.25, -0.2) is 9.97 Å². The van der Waals surface area contributed by atoms with Gasteiger partial charge in [-0.1, -0.05) is 117 Å². The number of nitrogens with zero attached hydrogens (tertiary/aromatic N) is 2. The van der Waals surface area contributed by atoms with E-state index >= 15 is 0 Å². The zero-order valence-corrected chi connectivity index (χ0v) is 24.9. The van der Waals surface area contributed by atoms with Gasteiger partial charge in [-0.3, -0.25) is 0 Å². The monoisotopic (exact) mass is 580 g/mol. The quantitative estimate of drug-likeness (QED) is 0.208. The standard InChI is InChI=1S/C41H28N2O2/c1-41(2)32-14-8-6-12-29(32)31-23-37-38(24-33(31)41)44-35-21-20-28(22-36(35)45-37)25-16-18-26(19-17-25)39-30-13-7-9-15-34(30)42-40(43-39)27-10-4-3-5-11-27/h3-24H,1-2H3. The SMILES string of the molecule is CC1(C)c2ccccc2-c2cc3c(cc21)Oc1ccc(-c2ccc(-c4nc(-c5ccccc5)nc5ccccc45)cc2)cc1O3. The van der Waals surface area contributed by atoms with Crippen molar-refractivity contribution in [3.8, 4) is 67.9 Å². The molecule has 0 bridgehead atoms. The van der Waals surface area contributed by atoms with Crippen molar-refractivity contribution in [3.05, 3.63) is 145 Å². The summed E-state index contributed by atoms with van der Waals surface area (Å²) in [6.07, 6.45) is 0. The fourth-order valence-corrected chi connectivity index (χ4v) is 6.79. The highest BCUT2D eigenvalue weighted by Gasteiger charge is 2.37. The molecule has 0 fully saturated rings. The second-order valence-corrected chi connectivity index (χ2v) is 12.2. The Morgan fingerprint density at radius 1 is 0.467 bits per heavy atom. The summed E-state index contributed by atoms with van der Waals surface area (Å²) in [5, 5.41) is 1.03. The number of ether oxygens (including phenoxy) is 2. The van der Waals surface area contributed by atoms with Crippen molar-refractivity contribution >= 4 is 10.9 Å². The average Bonchev–Trinajstić information content (AvgIpc) is 3.31. The van der Waals surface area contributed by atoms with Crippen LogP contribution in [-0.2, 0) is 5.41 Å². The van der Waals surface area contributed by atoms with Crippen LogP contribution in [0.15, 0.2) is 133 Å². The molecule has 7 aromatic rings. The highest BCUT2D eigenvalue weighted by atomic mass is 16.6. The number of fused-ring (bicyclic) bond motifs is 6. The van der Waals surface area contributed by atoms with Gasteiger partial charge in [0.2, 0.25) is 0 Å². The van der Waals surface area contributed by atoms with Gasteiger partial charge < -0.3 is 9.47 Å². The van der Waals surface area contributed by atoms with Crippen LogP contribution in [0.5, 0.6) is 23.0 Å². The van der Waals surface area contributed by atoms with Crippen molar-refractivity contribution in [3.63, 3.8) is 0 Å². The summed E-state index contributed by atoms with van der Waals surface area (Å²) in [4.78, 5) is 9.88. The second kappa shape index (κ2) is 9.63. The molecule has 0 N–H and O–H groups in total. The maximum Gasteiger partial charge on any atom is 0.170 e. The minimum atomic E-state index is -0.0954. The van der Waals surface area contributed by atoms with E-state index in [4.69, 9.17) is 19.4 Å². The fraction of sp³-hybridized carbons (Fsp3) is 0.0732. The first kappa shape index (κ1) is 25.7. The van der Waals surface area contributed by atoms with Crippen LogP contribution in [-0.4, -0.2) is 9.97 Å². The molecule has 0 radical (unpaired) electrons. The molecule has 9 rings (SSSR count). The Morgan fingerprint density at radius 2 is 1.13 bits per heavy atom. The molecular weight excluding hydrogens is 552 g/mol. The molecular formula is C41H28N2O2. The minimum Gasteiger partial charge on any atom is -0.450 e. The Kier molecular flexibility index (Phi) is 5.51. The summed E-state index contributed by atoms with van der Waals surface area (Å²) in [5.41, 5.74) is 11.0. The Morgan fingerprint density at radius 3 is 2.00 bits per heavy atom. The van der Waals surface area contributed by atoms with Crippen LogP contribution in [0, 0.1) is 0 Å². The van der Waals surface area contributed by atoms with E-state index in [0.717, 1.165) is 61.9 Å². The van der Waals surface area contributed by atoms with Crippen LogP contribution >= 0.6 is 0 Å². The second-order valence-electron chi connectivity index (χ2n) is 12.2. The number of para-hydroxylation sites is 1. The predicted molar refractivity (Wildman–Crippen MR) is 180 cm³/mol. The van der Waals surface area contributed by atoms with E-state index in [1.54, 1.807) is 0 Å². The molecule has 0 saturated carbocycles. The molecule has 6 aromatic carbocycles. The number of aromatic nitrogens is 2. The summed E-state index contributed by atoms with van der Waals surface area (Å²) in [6.45, 7) is 4.54. The van der Waals surface area contributed by atoms with Crippen LogP contribution in [0.2, 0.25) is 0 Å². The lowest BCUT2D eigenvalue weighted by Crippen LogP contribution is -2.15. The summed E-state index contributed by atoms with van der Waals surface area (Å²) in [6, 6.07) is 45.9. The van der Waals surface area contributed by atoms with Gasteiger partial charge in [-0.05, 0) is 63.7 Å². The summed E-state index contributed by atoms with van der Waals surface area (Å²) in [5.74, 6) is 3.65. The number of benzene rings is 6. The average molecular weight is 581 g/mol. The van der Waals surface area contributed by atoms with Crippen LogP contribution in [0.4, 0.5) is 0 Å². The Balaban J connectivity index is 1.06. The van der Waals surface area contributed by atoms with Crippen molar-refractivity contribution in [2.75, 3.05) is 0 Å². The molecule has 4 nitrogen and oxygen atoms in total. The van der Waals surface area contributed by atoms with Gasteiger partial charge in [0.25, 0.3) is 0 Å². The number of hydrogen-bond donors (Lipinski definition) is 0. The summed E-state index contributed by atoms with van der Waals surface area (Å²) >= 11 is 0. The lowest BCUT2D eigenvalue weighted by atomic mass is 9.82. The van der Waals surface area contributed by atoms with Gasteiger partial charge in [-0.2, -0.15) is 0 Å². The van der Waals surface area contributed by atoms with E-state index in [0.29, 0.717) is 5.75 Å². The van der Waals surface area contributed by atoms with Gasteiger partial charge in [0.05, 0.1) is 11.2 Å². The molecule has 2 aliphatic rings. The van der Waals surface area contributed by atoms with Gasteiger partial charge in [0, 0.05) is 21.9 Å². The third kappa shape index (κ3) is 4.06. The Bertz CT molecular complexity index is 2290. The lowest BCUT2D eigenvalue weighted by molar-refractivity contribution is 0.359. The fourth-order valence-electron chi connectivity index (χ4n) is 6.79. The smallest absolute Gasteiger partial charge is 0.170 e. The van der Waals surface area contributed by atoms with Gasteiger partial charge in [0.1, 0.15) is 0 Å². The third-order valence-electron chi connectivity index (χ3n) is 9.16. The van der Waals surface area contributed by atoms with Gasteiger partial charge in [-0.15, -0.1) is 0 Å². The normalized spacial score (nSPS) is 13.6. The van der Waals surface area contributed by atoms with Gasteiger partial charge >= 0.3 is 0 Å². The first-order chi connectivity index (χ1) is 22.0. The zero-order chi connectivity index (χ0) is 30.1. The van der Waals surface area contributed by atoms with E-state index in [1.165, 1.54) is 22.3 Å². The Hall–Kier alpha value is -5.74. The zero-order valence-electron chi connectivity index (χ0n) is 24.9. The molecule has 1 aromatic heterocycles. The van der Waals surface area contributed by atoms with Crippen molar-refractivity contribution in [2.45, 2.75) is 19.3 Å². The molecule has 214 valence electrons. The summed E-state index contributed by atoms with van der Waals surface area (Å²) in [7, 11) is 0. The molecule has 1 aliphatic carbocycles. The van der Waals surface area contributed by atoms with Crippen LogP contribution in [0.3, 0.4) is 0 Å². The first-order valence-electron chi connectivity index (χ1n) is 15.2. The number of hydrogen-bond acceptors (Lipinski definition) is 4. The largest absolute Gasteiger partial charge is 0.450 e. The topological polar surface area (TPSA) is 44.2 Å². The van der Waals surface area contributed by atoms with Crippen molar-refractivity contribution in [2.24, 2.45) is 0 Å². The van der Waals surface area contributed by atoms with E-state index in [-0.39, 0.29) is 5.41 Å². The van der Waals surface area contributed by atoms with Crippen LogP contribution in [0.25, 0.3) is 55.8 Å². The van der Waals surface area contributed by atoms with Crippen LogP contribution < -0.4 is 9.47 Å². The van der Waals surface area contributed by atoms with E-state index < -0.39 is 0 Å².